The minimum Gasteiger partial charge on any atom is -0.380 e. The highest BCUT2D eigenvalue weighted by Crippen LogP contribution is 2.11. The lowest BCUT2D eigenvalue weighted by Crippen LogP contribution is -2.14. The van der Waals surface area contributed by atoms with Gasteiger partial charge in [-0.25, -0.2) is 4.79 Å². The molecule has 0 radical (unpaired) electrons. The van der Waals surface area contributed by atoms with Crippen LogP contribution in [0.4, 0.5) is 0 Å². The third-order valence-corrected chi connectivity index (χ3v) is 3.06. The van der Waals surface area contributed by atoms with E-state index >= 15 is 0 Å². The van der Waals surface area contributed by atoms with E-state index < -0.39 is 5.97 Å². The summed E-state index contributed by atoms with van der Waals surface area (Å²) < 4.78 is 0.869. The summed E-state index contributed by atoms with van der Waals surface area (Å²) in [5.74, 6) is -0.449. The van der Waals surface area contributed by atoms with Gasteiger partial charge in [0, 0.05) is 16.1 Å². The molecule has 0 atom stereocenters. The molecule has 2 N–H and O–H groups in total. The van der Waals surface area contributed by atoms with Crippen LogP contribution in [-0.2, 0) is 9.63 Å². The fourth-order valence-corrected chi connectivity index (χ4v) is 1.95. The molecule has 0 heterocycles. The van der Waals surface area contributed by atoms with Gasteiger partial charge in [0.1, 0.15) is 0 Å². The summed E-state index contributed by atoms with van der Waals surface area (Å²) in [4.78, 5) is 16.3. The Morgan fingerprint density at radius 3 is 2.62 bits per heavy atom. The number of halogens is 1. The van der Waals surface area contributed by atoms with Crippen LogP contribution < -0.4 is 5.73 Å². The van der Waals surface area contributed by atoms with Gasteiger partial charge in [0.2, 0.25) is 0 Å². The molecule has 0 aliphatic heterocycles. The van der Waals surface area contributed by atoms with Crippen LogP contribution >= 0.6 is 15.9 Å². The maximum atomic E-state index is 11.5. The van der Waals surface area contributed by atoms with Crippen molar-refractivity contribution < 1.29 is 9.63 Å². The number of carbonyl (C=O) groups is 1. The van der Waals surface area contributed by atoms with Crippen molar-refractivity contribution in [3.63, 3.8) is 0 Å². The number of rotatable bonds is 4. The van der Waals surface area contributed by atoms with Crippen LogP contribution in [0.2, 0.25) is 0 Å². The second-order valence-electron chi connectivity index (χ2n) is 4.14. The topological polar surface area (TPSA) is 64.7 Å². The first-order chi connectivity index (χ1) is 10.1. The predicted octanol–water partition coefficient (Wildman–Crippen LogP) is 3.33. The van der Waals surface area contributed by atoms with Crippen molar-refractivity contribution in [2.75, 3.05) is 0 Å². The Labute approximate surface area is 131 Å². The Balaban J connectivity index is 1.97. The summed E-state index contributed by atoms with van der Waals surface area (Å²) >= 11 is 3.33. The molecule has 5 heteroatoms. The maximum Gasteiger partial charge on any atom is 0.358 e. The van der Waals surface area contributed by atoms with Gasteiger partial charge in [-0.15, -0.1) is 0 Å². The molecule has 0 saturated heterocycles. The molecule has 0 aliphatic rings. The Morgan fingerprint density at radius 2 is 1.90 bits per heavy atom. The standard InChI is InChI=1S/C16H13BrN2O2/c17-14-8-4-7-13(11-14)16(18)19-21-15(20)10-9-12-5-2-1-3-6-12/h1-11H,(H2,18,19)/b10-9+. The number of benzene rings is 2. The van der Waals surface area contributed by atoms with E-state index in [2.05, 4.69) is 21.1 Å². The molecule has 0 spiro atoms. The van der Waals surface area contributed by atoms with Gasteiger partial charge < -0.3 is 10.6 Å². The van der Waals surface area contributed by atoms with Gasteiger partial charge in [0.05, 0.1) is 0 Å². The quantitative estimate of drug-likeness (QED) is 0.304. The molecule has 2 aromatic carbocycles. The lowest BCUT2D eigenvalue weighted by Gasteiger charge is -2.00. The van der Waals surface area contributed by atoms with E-state index in [0.717, 1.165) is 10.0 Å². The van der Waals surface area contributed by atoms with Crippen LogP contribution in [0.5, 0.6) is 0 Å². The van der Waals surface area contributed by atoms with Crippen molar-refractivity contribution in [3.8, 4) is 0 Å². The SMILES string of the molecule is N/C(=N/OC(=O)/C=C/c1ccccc1)c1cccc(Br)c1. The highest BCUT2D eigenvalue weighted by atomic mass is 79.9. The minimum atomic E-state index is -0.586. The summed E-state index contributed by atoms with van der Waals surface area (Å²) in [5, 5.41) is 3.62. The van der Waals surface area contributed by atoms with Gasteiger partial charge in [-0.1, -0.05) is 63.6 Å². The van der Waals surface area contributed by atoms with E-state index in [9.17, 15) is 4.79 Å². The fraction of sp³-hybridized carbons (Fsp3) is 0. The normalized spacial score (nSPS) is 11.6. The zero-order valence-electron chi connectivity index (χ0n) is 11.1. The molecule has 0 saturated carbocycles. The van der Waals surface area contributed by atoms with Crippen LogP contribution in [0.15, 0.2) is 70.3 Å². The number of carbonyl (C=O) groups excluding carboxylic acids is 1. The van der Waals surface area contributed by atoms with Crippen LogP contribution in [0.3, 0.4) is 0 Å². The number of hydrogen-bond acceptors (Lipinski definition) is 3. The van der Waals surface area contributed by atoms with E-state index in [-0.39, 0.29) is 5.84 Å². The first-order valence-electron chi connectivity index (χ1n) is 6.18. The zero-order valence-corrected chi connectivity index (χ0v) is 12.7. The van der Waals surface area contributed by atoms with Gasteiger partial charge in [0.15, 0.2) is 5.84 Å². The van der Waals surface area contributed by atoms with Gasteiger partial charge in [-0.05, 0) is 23.8 Å². The summed E-state index contributed by atoms with van der Waals surface area (Å²) in [6, 6.07) is 16.7. The monoisotopic (exact) mass is 344 g/mol. The highest BCUT2D eigenvalue weighted by Gasteiger charge is 2.01. The zero-order chi connectivity index (χ0) is 15.1. The number of hydrogen-bond donors (Lipinski definition) is 1. The summed E-state index contributed by atoms with van der Waals surface area (Å²) in [7, 11) is 0. The summed E-state index contributed by atoms with van der Waals surface area (Å²) in [6.07, 6.45) is 2.94. The predicted molar refractivity (Wildman–Crippen MR) is 86.4 cm³/mol. The third kappa shape index (κ3) is 4.89. The summed E-state index contributed by atoms with van der Waals surface area (Å²) in [5.41, 5.74) is 7.32. The van der Waals surface area contributed by atoms with Crippen molar-refractivity contribution >= 4 is 33.8 Å². The van der Waals surface area contributed by atoms with Gasteiger partial charge >= 0.3 is 5.97 Å². The van der Waals surface area contributed by atoms with Crippen LogP contribution in [0.25, 0.3) is 6.08 Å². The number of nitrogens with two attached hydrogens (primary N) is 1. The van der Waals surface area contributed by atoms with Gasteiger partial charge in [-0.3, -0.25) is 0 Å². The van der Waals surface area contributed by atoms with Crippen molar-refractivity contribution in [1.29, 1.82) is 0 Å². The molecular weight excluding hydrogens is 332 g/mol. The molecule has 0 aliphatic carbocycles. The number of nitrogens with zero attached hydrogens (tertiary/aromatic N) is 1. The van der Waals surface area contributed by atoms with E-state index in [1.165, 1.54) is 6.08 Å². The molecule has 0 amide bonds. The maximum absolute atomic E-state index is 11.5. The van der Waals surface area contributed by atoms with Gasteiger partial charge in [0.25, 0.3) is 0 Å². The van der Waals surface area contributed by atoms with E-state index in [1.807, 2.05) is 42.5 Å². The van der Waals surface area contributed by atoms with Crippen molar-refractivity contribution in [1.82, 2.24) is 0 Å². The molecule has 0 unspecified atom stereocenters. The Hall–Kier alpha value is -2.40. The molecule has 2 rings (SSSR count). The second-order valence-corrected chi connectivity index (χ2v) is 5.06. The van der Waals surface area contributed by atoms with Crippen molar-refractivity contribution in [2.24, 2.45) is 10.9 Å². The van der Waals surface area contributed by atoms with Crippen LogP contribution in [-0.4, -0.2) is 11.8 Å². The average molecular weight is 345 g/mol. The molecule has 0 aromatic heterocycles. The first kappa shape index (κ1) is 15.0. The molecule has 4 nitrogen and oxygen atoms in total. The van der Waals surface area contributed by atoms with Crippen molar-refractivity contribution in [3.05, 3.63) is 76.3 Å². The number of oxime groups is 1. The third-order valence-electron chi connectivity index (χ3n) is 2.57. The lowest BCUT2D eigenvalue weighted by molar-refractivity contribution is -0.137. The molecule has 0 bridgehead atoms. The first-order valence-corrected chi connectivity index (χ1v) is 6.98. The van der Waals surface area contributed by atoms with Crippen LogP contribution in [0.1, 0.15) is 11.1 Å². The molecule has 106 valence electrons. The van der Waals surface area contributed by atoms with E-state index in [1.54, 1.807) is 18.2 Å². The summed E-state index contributed by atoms with van der Waals surface area (Å²) in [6.45, 7) is 0. The molecule has 21 heavy (non-hydrogen) atoms. The Bertz CT molecular complexity index is 682. The van der Waals surface area contributed by atoms with E-state index in [0.29, 0.717) is 5.56 Å². The molecule has 2 aromatic rings. The smallest absolute Gasteiger partial charge is 0.358 e. The largest absolute Gasteiger partial charge is 0.380 e. The fourth-order valence-electron chi connectivity index (χ4n) is 1.55. The Kier molecular flexibility index (Phi) is 5.29. The van der Waals surface area contributed by atoms with Gasteiger partial charge in [-0.2, -0.15) is 0 Å². The Morgan fingerprint density at radius 1 is 1.14 bits per heavy atom. The lowest BCUT2D eigenvalue weighted by atomic mass is 10.2. The van der Waals surface area contributed by atoms with Crippen LogP contribution in [0, 0.1) is 0 Å². The molecular formula is C16H13BrN2O2. The second kappa shape index (κ2) is 7.40. The average Bonchev–Trinajstić information content (AvgIpc) is 2.51. The minimum absolute atomic E-state index is 0.137. The van der Waals surface area contributed by atoms with Crippen molar-refractivity contribution in [2.45, 2.75) is 0 Å². The van der Waals surface area contributed by atoms with E-state index in [4.69, 9.17) is 10.6 Å². The highest BCUT2D eigenvalue weighted by molar-refractivity contribution is 9.10. The molecule has 0 fully saturated rings. The number of amidine groups is 1.